The molecule has 4 heterocycles. The fourth-order valence-electron chi connectivity index (χ4n) is 5.15. The van der Waals surface area contributed by atoms with E-state index in [1.54, 1.807) is 9.80 Å². The van der Waals surface area contributed by atoms with Crippen LogP contribution in [0.5, 0.6) is 0 Å². The molecule has 2 amide bonds. The van der Waals surface area contributed by atoms with Crippen molar-refractivity contribution in [1.82, 2.24) is 14.9 Å². The number of allylic oxidation sites excluding steroid dienone is 1. The molecule has 1 saturated heterocycles. The number of imidazole rings is 1. The summed E-state index contributed by atoms with van der Waals surface area (Å²) >= 11 is 0. The van der Waals surface area contributed by atoms with Crippen LogP contribution < -0.4 is 20.9 Å². The number of anilines is 4. The molecule has 0 aliphatic carbocycles. The van der Waals surface area contributed by atoms with Gasteiger partial charge in [0.1, 0.15) is 11.5 Å². The molecular weight excluding hydrogens is 452 g/mol. The summed E-state index contributed by atoms with van der Waals surface area (Å²) in [5.74, 6) is 2.10. The van der Waals surface area contributed by atoms with Crippen molar-refractivity contribution in [1.29, 1.82) is 0 Å². The van der Waals surface area contributed by atoms with E-state index in [1.807, 2.05) is 61.5 Å². The Morgan fingerprint density at radius 1 is 1.14 bits per heavy atom. The Kier molecular flexibility index (Phi) is 5.69. The van der Waals surface area contributed by atoms with Gasteiger partial charge >= 0.3 is 6.03 Å². The van der Waals surface area contributed by atoms with Gasteiger partial charge in [-0.2, -0.15) is 4.98 Å². The van der Waals surface area contributed by atoms with Gasteiger partial charge < -0.3 is 20.9 Å². The second kappa shape index (κ2) is 9.16. The highest BCUT2D eigenvalue weighted by Gasteiger charge is 2.39. The third-order valence-electron chi connectivity index (χ3n) is 6.94. The highest BCUT2D eigenvalue weighted by atomic mass is 16.2. The monoisotopic (exact) mass is 482 g/mol. The zero-order valence-corrected chi connectivity index (χ0v) is 20.3. The van der Waals surface area contributed by atoms with E-state index in [4.69, 9.17) is 15.7 Å². The molecule has 9 nitrogen and oxygen atoms in total. The first-order chi connectivity index (χ1) is 17.6. The Balaban J connectivity index is 1.39. The van der Waals surface area contributed by atoms with Gasteiger partial charge in [0.2, 0.25) is 5.95 Å². The van der Waals surface area contributed by atoms with Crippen molar-refractivity contribution in [2.24, 2.45) is 10.7 Å². The van der Waals surface area contributed by atoms with Gasteiger partial charge in [-0.1, -0.05) is 42.5 Å². The van der Waals surface area contributed by atoms with Gasteiger partial charge in [0.25, 0.3) is 0 Å². The summed E-state index contributed by atoms with van der Waals surface area (Å²) < 4.78 is 0. The number of benzene rings is 2. The molecule has 36 heavy (non-hydrogen) atoms. The number of carbonyl (C=O) groups is 1. The van der Waals surface area contributed by atoms with Crippen LogP contribution >= 0.6 is 0 Å². The van der Waals surface area contributed by atoms with Crippen LogP contribution in [0.1, 0.15) is 31.0 Å². The largest absolute Gasteiger partial charge is 0.342 e. The molecule has 9 heteroatoms. The predicted octanol–water partition coefficient (Wildman–Crippen LogP) is 4.30. The number of H-pyrrole nitrogens is 1. The van der Waals surface area contributed by atoms with Crippen LogP contribution in [-0.4, -0.2) is 52.4 Å². The number of carbonyl (C=O) groups excluding carboxylic acids is 1. The maximum atomic E-state index is 14.1. The fourth-order valence-corrected chi connectivity index (χ4v) is 5.15. The predicted molar refractivity (Wildman–Crippen MR) is 144 cm³/mol. The molecule has 1 atom stereocenters. The minimum Gasteiger partial charge on any atom is -0.342 e. The lowest BCUT2D eigenvalue weighted by Gasteiger charge is -2.36. The molecule has 4 N–H and O–H groups in total. The molecule has 1 unspecified atom stereocenters. The summed E-state index contributed by atoms with van der Waals surface area (Å²) in [7, 11) is 0. The summed E-state index contributed by atoms with van der Waals surface area (Å²) in [4.78, 5) is 32.9. The second-order valence-corrected chi connectivity index (χ2v) is 9.37. The van der Waals surface area contributed by atoms with E-state index in [9.17, 15) is 4.79 Å². The molecule has 3 aliphatic rings. The Hall–Kier alpha value is -4.11. The van der Waals surface area contributed by atoms with Gasteiger partial charge in [-0.05, 0) is 43.5 Å². The number of amides is 2. The average Bonchev–Trinajstić information content (AvgIpc) is 3.34. The number of hydrogen-bond acceptors (Lipinski definition) is 6. The minimum absolute atomic E-state index is 0.115. The molecule has 3 aromatic rings. The van der Waals surface area contributed by atoms with Gasteiger partial charge in [0.15, 0.2) is 5.82 Å². The number of amidine groups is 1. The van der Waals surface area contributed by atoms with Crippen LogP contribution in [0.3, 0.4) is 0 Å². The van der Waals surface area contributed by atoms with Crippen LogP contribution in [-0.2, 0) is 6.54 Å². The summed E-state index contributed by atoms with van der Waals surface area (Å²) in [5, 5.41) is 3.41. The molecule has 0 bridgehead atoms. The summed E-state index contributed by atoms with van der Waals surface area (Å²) in [6, 6.07) is 17.7. The lowest BCUT2D eigenvalue weighted by atomic mass is 10.1. The maximum absolute atomic E-state index is 14.1. The van der Waals surface area contributed by atoms with Crippen LogP contribution in [0.15, 0.2) is 65.7 Å². The molecular formula is C27H30N8O. The molecule has 0 spiro atoms. The van der Waals surface area contributed by atoms with E-state index < -0.39 is 0 Å². The molecule has 184 valence electrons. The lowest BCUT2D eigenvalue weighted by molar-refractivity contribution is 0.229. The normalized spacial score (nSPS) is 20.7. The number of para-hydroxylation sites is 2. The number of rotatable bonds is 4. The number of aromatic amines is 1. The summed E-state index contributed by atoms with van der Waals surface area (Å²) in [6.45, 7) is 4.47. The van der Waals surface area contributed by atoms with Crippen molar-refractivity contribution < 1.29 is 4.79 Å². The number of nitrogens with zero attached hydrogens (tertiary/aromatic N) is 5. The number of aromatic nitrogens is 2. The Morgan fingerprint density at radius 3 is 2.75 bits per heavy atom. The van der Waals surface area contributed by atoms with Crippen molar-refractivity contribution >= 4 is 40.7 Å². The zero-order chi connectivity index (χ0) is 24.6. The van der Waals surface area contributed by atoms with Gasteiger partial charge in [-0.3, -0.25) is 9.89 Å². The lowest BCUT2D eigenvalue weighted by Crippen LogP contribution is -2.47. The smallest absolute Gasteiger partial charge is 0.335 e. The number of piperidine rings is 1. The zero-order valence-electron chi connectivity index (χ0n) is 20.3. The Labute approximate surface area is 210 Å². The Morgan fingerprint density at radius 2 is 1.94 bits per heavy atom. The molecule has 1 aromatic heterocycles. The topological polar surface area (TPSA) is 106 Å². The third-order valence-corrected chi connectivity index (χ3v) is 6.94. The number of nitrogens with one attached hydrogen (secondary N) is 2. The highest BCUT2D eigenvalue weighted by Crippen LogP contribution is 2.40. The van der Waals surface area contributed by atoms with E-state index in [0.29, 0.717) is 18.9 Å². The SMILES string of the molecule is C/C=C1\c2[nH]c(N3CCCC(N)C3)nc2N(c2ccccc2)C(=O)N1CC1=NCc2ccccc2N1. The first kappa shape index (κ1) is 22.4. The first-order valence-corrected chi connectivity index (χ1v) is 12.4. The number of urea groups is 1. The average molecular weight is 483 g/mol. The molecule has 1 fully saturated rings. The quantitative estimate of drug-likeness (QED) is 0.514. The molecule has 3 aliphatic heterocycles. The Bertz CT molecular complexity index is 1340. The number of fused-ring (bicyclic) bond motifs is 2. The van der Waals surface area contributed by atoms with Gasteiger partial charge in [0, 0.05) is 24.8 Å². The van der Waals surface area contributed by atoms with Crippen LogP contribution in [0.2, 0.25) is 0 Å². The van der Waals surface area contributed by atoms with Crippen LogP contribution in [0, 0.1) is 0 Å². The van der Waals surface area contributed by atoms with E-state index in [1.165, 1.54) is 0 Å². The number of nitrogens with two attached hydrogens (primary N) is 1. The number of hydrogen-bond donors (Lipinski definition) is 3. The van der Waals surface area contributed by atoms with Crippen molar-refractivity contribution in [3.63, 3.8) is 0 Å². The molecule has 6 rings (SSSR count). The van der Waals surface area contributed by atoms with Gasteiger partial charge in [-0.25, -0.2) is 9.69 Å². The highest BCUT2D eigenvalue weighted by molar-refractivity contribution is 6.11. The summed E-state index contributed by atoms with van der Waals surface area (Å²) in [6.07, 6.45) is 3.99. The summed E-state index contributed by atoms with van der Waals surface area (Å²) in [5.41, 5.74) is 10.8. The van der Waals surface area contributed by atoms with Crippen molar-refractivity contribution in [3.8, 4) is 0 Å². The van der Waals surface area contributed by atoms with Crippen LogP contribution in [0.25, 0.3) is 5.70 Å². The van der Waals surface area contributed by atoms with E-state index in [0.717, 1.165) is 66.0 Å². The molecule has 0 radical (unpaired) electrons. The van der Waals surface area contributed by atoms with Crippen molar-refractivity contribution in [3.05, 3.63) is 71.9 Å². The second-order valence-electron chi connectivity index (χ2n) is 9.37. The van der Waals surface area contributed by atoms with E-state index in [2.05, 4.69) is 21.3 Å². The fraction of sp³-hybridized carbons (Fsp3) is 0.296. The third kappa shape index (κ3) is 3.91. The minimum atomic E-state index is -0.168. The van der Waals surface area contributed by atoms with Gasteiger partial charge in [0.05, 0.1) is 24.5 Å². The molecule has 0 saturated carbocycles. The molecule has 2 aromatic carbocycles. The van der Waals surface area contributed by atoms with Crippen LogP contribution in [0.4, 0.5) is 27.9 Å². The van der Waals surface area contributed by atoms with Gasteiger partial charge in [-0.15, -0.1) is 0 Å². The maximum Gasteiger partial charge on any atom is 0.335 e. The van der Waals surface area contributed by atoms with Crippen molar-refractivity contribution in [2.45, 2.75) is 32.4 Å². The van der Waals surface area contributed by atoms with E-state index >= 15 is 0 Å². The van der Waals surface area contributed by atoms with Crippen molar-refractivity contribution in [2.75, 3.05) is 34.8 Å². The number of aliphatic imine (C=N–C) groups is 1. The standard InChI is InChI=1S/C27H30N8O/c1-2-22-24-25(32-26(31-24)33-14-8-10-19(28)16-33)35(20-11-4-3-5-12-20)27(36)34(22)17-23-29-15-18-9-6-7-13-21(18)30-23/h2-7,9,11-13,19H,8,10,14-17,28H2,1H3,(H,29,30)(H,31,32)/b22-2+. The van der Waals surface area contributed by atoms with E-state index in [-0.39, 0.29) is 12.1 Å². The first-order valence-electron chi connectivity index (χ1n) is 12.4.